The molecule has 1 aromatic heterocycles. The van der Waals surface area contributed by atoms with Gasteiger partial charge in [-0.3, -0.25) is 0 Å². The van der Waals surface area contributed by atoms with Crippen molar-refractivity contribution in [3.63, 3.8) is 0 Å². The number of aliphatic hydroxyl groups excluding tert-OH is 1. The molecule has 0 bridgehead atoms. The topological polar surface area (TPSA) is 50.1 Å². The Balaban J connectivity index is 1.88. The molecule has 0 aromatic carbocycles. The summed E-state index contributed by atoms with van der Waals surface area (Å²) in [7, 11) is 0. The lowest BCUT2D eigenvalue weighted by Gasteiger charge is -2.49. The molecule has 0 spiro atoms. The van der Waals surface area contributed by atoms with Crippen molar-refractivity contribution in [1.82, 2.24) is 14.9 Å². The van der Waals surface area contributed by atoms with Gasteiger partial charge in [-0.1, -0.05) is 20.8 Å². The van der Waals surface area contributed by atoms with Crippen molar-refractivity contribution in [2.45, 2.75) is 58.8 Å². The SMILES string of the molecule is CCCn1cncc1CNC1CC(O)C1(C)C. The summed E-state index contributed by atoms with van der Waals surface area (Å²) in [6.45, 7) is 8.25. The molecule has 2 rings (SSSR count). The van der Waals surface area contributed by atoms with Gasteiger partial charge in [0.05, 0.1) is 18.1 Å². The van der Waals surface area contributed by atoms with Crippen LogP contribution in [-0.4, -0.2) is 26.8 Å². The Hall–Kier alpha value is -0.870. The Morgan fingerprint density at radius 3 is 2.94 bits per heavy atom. The fourth-order valence-corrected chi connectivity index (χ4v) is 2.41. The third kappa shape index (κ3) is 2.38. The first-order valence-corrected chi connectivity index (χ1v) is 6.46. The third-order valence-corrected chi connectivity index (χ3v) is 4.01. The molecule has 1 aromatic rings. The molecule has 0 radical (unpaired) electrons. The van der Waals surface area contributed by atoms with Crippen molar-refractivity contribution in [3.05, 3.63) is 18.2 Å². The summed E-state index contributed by atoms with van der Waals surface area (Å²) in [5.41, 5.74) is 1.22. The molecular formula is C13H23N3O. The molecule has 0 aliphatic heterocycles. The highest BCUT2D eigenvalue weighted by atomic mass is 16.3. The Kier molecular flexibility index (Phi) is 3.54. The van der Waals surface area contributed by atoms with Crippen molar-refractivity contribution >= 4 is 0 Å². The molecule has 1 heterocycles. The zero-order chi connectivity index (χ0) is 12.5. The average Bonchev–Trinajstić information content (AvgIpc) is 2.72. The smallest absolute Gasteiger partial charge is 0.0948 e. The molecule has 2 N–H and O–H groups in total. The summed E-state index contributed by atoms with van der Waals surface area (Å²) in [6, 6.07) is 0.405. The number of aliphatic hydroxyl groups is 1. The minimum atomic E-state index is -0.166. The van der Waals surface area contributed by atoms with E-state index in [0.717, 1.165) is 25.9 Å². The van der Waals surface area contributed by atoms with Crippen LogP contribution < -0.4 is 5.32 Å². The fraction of sp³-hybridized carbons (Fsp3) is 0.769. The molecule has 17 heavy (non-hydrogen) atoms. The van der Waals surface area contributed by atoms with E-state index >= 15 is 0 Å². The molecule has 0 saturated heterocycles. The lowest BCUT2D eigenvalue weighted by molar-refractivity contribution is -0.0731. The van der Waals surface area contributed by atoms with Gasteiger partial charge in [-0.05, 0) is 12.8 Å². The molecule has 1 aliphatic rings. The highest BCUT2D eigenvalue weighted by molar-refractivity contribution is 5.04. The van der Waals surface area contributed by atoms with Crippen molar-refractivity contribution in [1.29, 1.82) is 0 Å². The van der Waals surface area contributed by atoms with E-state index in [1.165, 1.54) is 5.69 Å². The van der Waals surface area contributed by atoms with Crippen LogP contribution in [0.1, 0.15) is 39.3 Å². The van der Waals surface area contributed by atoms with Crippen LogP contribution in [0, 0.1) is 5.41 Å². The number of hydrogen-bond acceptors (Lipinski definition) is 3. The van der Waals surface area contributed by atoms with Gasteiger partial charge in [-0.15, -0.1) is 0 Å². The second-order valence-electron chi connectivity index (χ2n) is 5.58. The average molecular weight is 237 g/mol. The Morgan fingerprint density at radius 1 is 1.59 bits per heavy atom. The van der Waals surface area contributed by atoms with Gasteiger partial charge in [0.25, 0.3) is 0 Å². The Bertz CT molecular complexity index is 372. The highest BCUT2D eigenvalue weighted by Gasteiger charge is 2.46. The second kappa shape index (κ2) is 4.78. The van der Waals surface area contributed by atoms with Gasteiger partial charge in [0.1, 0.15) is 0 Å². The van der Waals surface area contributed by atoms with Crippen LogP contribution in [0.5, 0.6) is 0 Å². The number of nitrogens with zero attached hydrogens (tertiary/aromatic N) is 2. The van der Waals surface area contributed by atoms with Crippen molar-refractivity contribution < 1.29 is 5.11 Å². The predicted octanol–water partition coefficient (Wildman–Crippen LogP) is 1.54. The zero-order valence-corrected chi connectivity index (χ0v) is 11.0. The first kappa shape index (κ1) is 12.6. The van der Waals surface area contributed by atoms with E-state index in [1.54, 1.807) is 0 Å². The number of aromatic nitrogens is 2. The van der Waals surface area contributed by atoms with Gasteiger partial charge in [-0.2, -0.15) is 0 Å². The molecular weight excluding hydrogens is 214 g/mol. The maximum Gasteiger partial charge on any atom is 0.0948 e. The minimum absolute atomic E-state index is 0.00436. The van der Waals surface area contributed by atoms with Crippen molar-refractivity contribution in [2.24, 2.45) is 5.41 Å². The summed E-state index contributed by atoms with van der Waals surface area (Å²) in [6.07, 6.45) is 5.62. The van der Waals surface area contributed by atoms with Crippen molar-refractivity contribution in [3.8, 4) is 0 Å². The molecule has 96 valence electrons. The fourth-order valence-electron chi connectivity index (χ4n) is 2.41. The van der Waals surface area contributed by atoms with Crippen LogP contribution >= 0.6 is 0 Å². The van der Waals surface area contributed by atoms with Gasteiger partial charge in [-0.25, -0.2) is 4.98 Å². The quantitative estimate of drug-likeness (QED) is 0.817. The third-order valence-electron chi connectivity index (χ3n) is 4.01. The van der Waals surface area contributed by atoms with E-state index in [4.69, 9.17) is 0 Å². The van der Waals surface area contributed by atoms with E-state index in [-0.39, 0.29) is 11.5 Å². The monoisotopic (exact) mass is 237 g/mol. The lowest BCUT2D eigenvalue weighted by Crippen LogP contribution is -2.59. The standard InChI is InChI=1S/C13H23N3O/c1-4-5-16-9-14-7-10(16)8-15-11-6-12(17)13(11,2)3/h7,9,11-12,15,17H,4-6,8H2,1-3H3. The maximum atomic E-state index is 9.68. The van der Waals surface area contributed by atoms with Crippen molar-refractivity contribution in [2.75, 3.05) is 0 Å². The van der Waals surface area contributed by atoms with Gasteiger partial charge in [0.2, 0.25) is 0 Å². The van der Waals surface area contributed by atoms with Crippen LogP contribution in [0.15, 0.2) is 12.5 Å². The molecule has 1 aliphatic carbocycles. The van der Waals surface area contributed by atoms with Crippen LogP contribution in [0.2, 0.25) is 0 Å². The largest absolute Gasteiger partial charge is 0.392 e. The van der Waals surface area contributed by atoms with Gasteiger partial charge in [0, 0.05) is 30.7 Å². The van der Waals surface area contributed by atoms with Crippen LogP contribution in [0.4, 0.5) is 0 Å². The number of aryl methyl sites for hydroxylation is 1. The molecule has 4 nitrogen and oxygen atoms in total. The number of hydrogen-bond donors (Lipinski definition) is 2. The molecule has 1 fully saturated rings. The summed E-state index contributed by atoms with van der Waals surface area (Å²) in [4.78, 5) is 4.19. The zero-order valence-electron chi connectivity index (χ0n) is 11.0. The van der Waals surface area contributed by atoms with E-state index in [9.17, 15) is 5.11 Å². The number of nitrogens with one attached hydrogen (secondary N) is 1. The van der Waals surface area contributed by atoms with Crippen LogP contribution in [0.25, 0.3) is 0 Å². The van der Waals surface area contributed by atoms with Gasteiger partial charge >= 0.3 is 0 Å². The molecule has 2 unspecified atom stereocenters. The maximum absolute atomic E-state index is 9.68. The Labute approximate surface area is 103 Å². The molecule has 4 heteroatoms. The van der Waals surface area contributed by atoms with E-state index < -0.39 is 0 Å². The summed E-state index contributed by atoms with van der Waals surface area (Å²) in [5, 5.41) is 13.2. The summed E-state index contributed by atoms with van der Waals surface area (Å²) >= 11 is 0. The van der Waals surface area contributed by atoms with E-state index in [1.807, 2.05) is 12.5 Å². The molecule has 1 saturated carbocycles. The first-order chi connectivity index (χ1) is 8.05. The summed E-state index contributed by atoms with van der Waals surface area (Å²) in [5.74, 6) is 0. The predicted molar refractivity (Wildman–Crippen MR) is 67.6 cm³/mol. The Morgan fingerprint density at radius 2 is 2.35 bits per heavy atom. The highest BCUT2D eigenvalue weighted by Crippen LogP contribution is 2.40. The number of rotatable bonds is 5. The number of imidazole rings is 1. The minimum Gasteiger partial charge on any atom is -0.392 e. The van der Waals surface area contributed by atoms with Crippen LogP contribution in [0.3, 0.4) is 0 Å². The summed E-state index contributed by atoms with van der Waals surface area (Å²) < 4.78 is 2.19. The second-order valence-corrected chi connectivity index (χ2v) is 5.58. The van der Waals surface area contributed by atoms with Crippen LogP contribution in [-0.2, 0) is 13.1 Å². The molecule has 2 atom stereocenters. The van der Waals surface area contributed by atoms with Gasteiger partial charge in [0.15, 0.2) is 0 Å². The normalized spacial score (nSPS) is 26.8. The molecule has 0 amide bonds. The van der Waals surface area contributed by atoms with E-state index in [2.05, 4.69) is 35.6 Å². The first-order valence-electron chi connectivity index (χ1n) is 6.46. The lowest BCUT2D eigenvalue weighted by atomic mass is 9.64. The van der Waals surface area contributed by atoms with E-state index in [0.29, 0.717) is 6.04 Å². The van der Waals surface area contributed by atoms with Gasteiger partial charge < -0.3 is 15.0 Å².